The van der Waals surface area contributed by atoms with E-state index in [0.29, 0.717) is 6.54 Å². The summed E-state index contributed by atoms with van der Waals surface area (Å²) in [6, 6.07) is 5.16. The zero-order chi connectivity index (χ0) is 16.6. The first-order valence-corrected chi connectivity index (χ1v) is 7.54. The number of likely N-dealkylation sites (tertiary alicyclic amines) is 1. The minimum Gasteiger partial charge on any atom is -0.334 e. The van der Waals surface area contributed by atoms with E-state index < -0.39 is 11.6 Å². The van der Waals surface area contributed by atoms with Crippen LogP contribution in [0.2, 0.25) is 0 Å². The molecule has 2 atom stereocenters. The Bertz CT molecular complexity index is 710. The maximum Gasteiger partial charge on any atom is 0.274 e. The van der Waals surface area contributed by atoms with Gasteiger partial charge < -0.3 is 10.6 Å². The predicted molar refractivity (Wildman–Crippen MR) is 81.2 cm³/mol. The predicted octanol–water partition coefficient (Wildman–Crippen LogP) is 2.10. The minimum atomic E-state index is -0.732. The lowest BCUT2D eigenvalue weighted by atomic mass is 9.99. The summed E-state index contributed by atoms with van der Waals surface area (Å²) in [6.07, 6.45) is 2.85. The lowest BCUT2D eigenvalue weighted by Gasteiger charge is -2.35. The van der Waals surface area contributed by atoms with E-state index in [2.05, 4.69) is 5.10 Å². The average Bonchev–Trinajstić information content (AvgIpc) is 2.96. The Hall–Kier alpha value is -2.28. The summed E-state index contributed by atoms with van der Waals surface area (Å²) in [5.41, 5.74) is 5.77. The highest BCUT2D eigenvalue weighted by atomic mass is 19.1. The Kier molecular flexibility index (Phi) is 4.12. The molecule has 1 aromatic heterocycles. The molecule has 3 rings (SSSR count). The van der Waals surface area contributed by atoms with Crippen LogP contribution in [0.15, 0.2) is 30.5 Å². The van der Waals surface area contributed by atoms with E-state index in [1.165, 1.54) is 18.3 Å². The Morgan fingerprint density at radius 2 is 2.00 bits per heavy atom. The van der Waals surface area contributed by atoms with Crippen molar-refractivity contribution < 1.29 is 13.6 Å². The fourth-order valence-electron chi connectivity index (χ4n) is 2.93. The monoisotopic (exact) mass is 320 g/mol. The third kappa shape index (κ3) is 2.96. The van der Waals surface area contributed by atoms with Gasteiger partial charge in [-0.15, -0.1) is 0 Å². The van der Waals surface area contributed by atoms with Crippen LogP contribution in [0, 0.1) is 11.6 Å². The molecule has 1 fully saturated rings. The maximum absolute atomic E-state index is 13.8. The van der Waals surface area contributed by atoms with Gasteiger partial charge in [-0.2, -0.15) is 5.10 Å². The second-order valence-corrected chi connectivity index (χ2v) is 5.85. The van der Waals surface area contributed by atoms with Crippen LogP contribution in [0.5, 0.6) is 0 Å². The Morgan fingerprint density at radius 1 is 1.30 bits per heavy atom. The average molecular weight is 320 g/mol. The number of para-hydroxylation sites is 1. The molecular weight excluding hydrogens is 302 g/mol. The zero-order valence-corrected chi connectivity index (χ0v) is 12.7. The first kappa shape index (κ1) is 15.6. The number of nitrogens with zero attached hydrogens (tertiary/aromatic N) is 3. The van der Waals surface area contributed by atoms with Crippen molar-refractivity contribution >= 4 is 5.91 Å². The molecule has 23 heavy (non-hydrogen) atoms. The molecule has 5 nitrogen and oxygen atoms in total. The summed E-state index contributed by atoms with van der Waals surface area (Å²) in [7, 11) is 0. The van der Waals surface area contributed by atoms with Crippen molar-refractivity contribution in [3.8, 4) is 5.69 Å². The molecule has 1 aromatic carbocycles. The molecular formula is C16H18F2N4O. The second-order valence-electron chi connectivity index (χ2n) is 5.85. The molecule has 0 spiro atoms. The van der Waals surface area contributed by atoms with E-state index in [0.717, 1.165) is 29.7 Å². The number of aromatic nitrogens is 2. The molecule has 1 amide bonds. The lowest BCUT2D eigenvalue weighted by Crippen LogP contribution is -2.48. The third-order valence-electron chi connectivity index (χ3n) is 4.15. The second kappa shape index (κ2) is 6.08. The normalized spacial score (nSPS) is 21.5. The van der Waals surface area contributed by atoms with Crippen molar-refractivity contribution in [2.75, 3.05) is 6.54 Å². The van der Waals surface area contributed by atoms with Crippen molar-refractivity contribution in [1.82, 2.24) is 14.7 Å². The molecule has 0 unspecified atom stereocenters. The third-order valence-corrected chi connectivity index (χ3v) is 4.15. The van der Waals surface area contributed by atoms with Crippen LogP contribution < -0.4 is 5.73 Å². The Labute approximate surface area is 132 Å². The fraction of sp³-hybridized carbons (Fsp3) is 0.375. The SMILES string of the molecule is C[C@@H]1C[C@H](N)CCN1C(=O)c1ccn(-c2c(F)cccc2F)n1. The van der Waals surface area contributed by atoms with Crippen LogP contribution in [-0.4, -0.2) is 39.2 Å². The van der Waals surface area contributed by atoms with Gasteiger partial charge in [-0.1, -0.05) is 6.07 Å². The van der Waals surface area contributed by atoms with E-state index in [9.17, 15) is 13.6 Å². The Morgan fingerprint density at radius 3 is 2.65 bits per heavy atom. The van der Waals surface area contributed by atoms with Crippen LogP contribution in [-0.2, 0) is 0 Å². The highest BCUT2D eigenvalue weighted by molar-refractivity contribution is 5.92. The molecule has 0 aliphatic carbocycles. The first-order chi connectivity index (χ1) is 11.0. The van der Waals surface area contributed by atoms with Gasteiger partial charge in [0.1, 0.15) is 5.69 Å². The lowest BCUT2D eigenvalue weighted by molar-refractivity contribution is 0.0612. The molecule has 1 saturated heterocycles. The topological polar surface area (TPSA) is 64.2 Å². The summed E-state index contributed by atoms with van der Waals surface area (Å²) in [5.74, 6) is -1.71. The van der Waals surface area contributed by atoms with Gasteiger partial charge in [0.15, 0.2) is 17.3 Å². The summed E-state index contributed by atoms with van der Waals surface area (Å²) in [4.78, 5) is 14.3. The number of piperidine rings is 1. The van der Waals surface area contributed by atoms with E-state index in [1.807, 2.05) is 6.92 Å². The van der Waals surface area contributed by atoms with Gasteiger partial charge in [0.05, 0.1) is 0 Å². The van der Waals surface area contributed by atoms with Gasteiger partial charge in [0.25, 0.3) is 5.91 Å². The number of carbonyl (C=O) groups is 1. The number of benzene rings is 1. The molecule has 1 aliphatic rings. The van der Waals surface area contributed by atoms with Crippen LogP contribution in [0.25, 0.3) is 5.69 Å². The molecule has 1 aliphatic heterocycles. The smallest absolute Gasteiger partial charge is 0.274 e. The summed E-state index contributed by atoms with van der Waals surface area (Å²) >= 11 is 0. The standard InChI is InChI=1S/C16H18F2N4O/c1-10-9-11(19)5-7-21(10)16(23)14-6-8-22(20-14)15-12(17)3-2-4-13(15)18/h2-4,6,8,10-11H,5,7,9,19H2,1H3/t10-,11-/m1/s1. The van der Waals surface area contributed by atoms with Crippen LogP contribution >= 0.6 is 0 Å². The van der Waals surface area contributed by atoms with E-state index in [1.54, 1.807) is 4.90 Å². The van der Waals surface area contributed by atoms with Crippen molar-refractivity contribution in [2.24, 2.45) is 5.73 Å². The first-order valence-electron chi connectivity index (χ1n) is 7.54. The van der Waals surface area contributed by atoms with Gasteiger partial charge in [-0.25, -0.2) is 13.5 Å². The number of halogens is 2. The van der Waals surface area contributed by atoms with E-state index >= 15 is 0 Å². The highest BCUT2D eigenvalue weighted by Gasteiger charge is 2.29. The molecule has 2 heterocycles. The number of hydrogen-bond donors (Lipinski definition) is 1. The molecule has 2 aromatic rings. The summed E-state index contributed by atoms with van der Waals surface area (Å²) in [5, 5.41) is 4.04. The molecule has 122 valence electrons. The van der Waals surface area contributed by atoms with E-state index in [4.69, 9.17) is 5.73 Å². The van der Waals surface area contributed by atoms with Gasteiger partial charge in [-0.05, 0) is 38.0 Å². The van der Waals surface area contributed by atoms with Crippen molar-refractivity contribution in [2.45, 2.75) is 31.8 Å². The van der Waals surface area contributed by atoms with E-state index in [-0.39, 0.29) is 29.4 Å². The highest BCUT2D eigenvalue weighted by Crippen LogP contribution is 2.20. The maximum atomic E-state index is 13.8. The van der Waals surface area contributed by atoms with Crippen LogP contribution in [0.3, 0.4) is 0 Å². The van der Waals surface area contributed by atoms with Crippen LogP contribution in [0.1, 0.15) is 30.3 Å². The van der Waals surface area contributed by atoms with Crippen molar-refractivity contribution in [1.29, 1.82) is 0 Å². The minimum absolute atomic E-state index is 0.0154. The molecule has 7 heteroatoms. The van der Waals surface area contributed by atoms with Gasteiger partial charge in [0.2, 0.25) is 0 Å². The molecule has 0 radical (unpaired) electrons. The number of nitrogens with two attached hydrogens (primary N) is 1. The van der Waals surface area contributed by atoms with Crippen molar-refractivity contribution in [3.63, 3.8) is 0 Å². The van der Waals surface area contributed by atoms with Gasteiger partial charge in [0, 0.05) is 24.8 Å². The number of carbonyl (C=O) groups excluding carboxylic acids is 1. The largest absolute Gasteiger partial charge is 0.334 e. The summed E-state index contributed by atoms with van der Waals surface area (Å²) < 4.78 is 28.6. The number of hydrogen-bond acceptors (Lipinski definition) is 3. The number of rotatable bonds is 2. The zero-order valence-electron chi connectivity index (χ0n) is 12.7. The molecule has 2 N–H and O–H groups in total. The number of amides is 1. The fourth-order valence-corrected chi connectivity index (χ4v) is 2.93. The molecule has 0 bridgehead atoms. The Balaban J connectivity index is 1.86. The quantitative estimate of drug-likeness (QED) is 0.921. The van der Waals surface area contributed by atoms with Crippen molar-refractivity contribution in [3.05, 3.63) is 47.8 Å². The van der Waals surface area contributed by atoms with Gasteiger partial charge >= 0.3 is 0 Å². The van der Waals surface area contributed by atoms with Crippen LogP contribution in [0.4, 0.5) is 8.78 Å². The molecule has 0 saturated carbocycles. The van der Waals surface area contributed by atoms with Gasteiger partial charge in [-0.3, -0.25) is 4.79 Å². The summed E-state index contributed by atoms with van der Waals surface area (Å²) in [6.45, 7) is 2.49.